The molecule has 0 aliphatic carbocycles. The monoisotopic (exact) mass is 532 g/mol. The van der Waals surface area contributed by atoms with Crippen LogP contribution in [0.15, 0.2) is 120 Å². The van der Waals surface area contributed by atoms with E-state index in [0.29, 0.717) is 51.6 Å². The highest BCUT2D eigenvalue weighted by Gasteiger charge is 2.35. The summed E-state index contributed by atoms with van der Waals surface area (Å²) in [6.07, 6.45) is 4.92. The third kappa shape index (κ3) is 4.95. The second kappa shape index (κ2) is 10.8. The maximum Gasteiger partial charge on any atom is 0.188 e. The zero-order chi connectivity index (χ0) is 26.6. The molecule has 8 heteroatoms. The van der Waals surface area contributed by atoms with Gasteiger partial charge in [-0.25, -0.2) is 9.97 Å². The molecule has 1 N–H and O–H groups in total. The molecule has 0 amide bonds. The fourth-order valence-corrected chi connectivity index (χ4v) is 4.49. The van der Waals surface area contributed by atoms with Gasteiger partial charge in [-0.2, -0.15) is 0 Å². The molecule has 6 rings (SSSR count). The standard InChI is InChI=1S/C31H21ClN4O3/c32-25-10-3-1-7-21(25)18-38-23-14-12-20(13-15-23)28(29-24-9-2-4-11-26(24)34-19-35-29)31-30(36-37)27(39-31)17-22-8-5-6-16-33-22/h1-17,19,37H,18H2/b27-17-,31-28-,36-30+. The molecule has 190 valence electrons. The number of rotatable bonds is 6. The molecule has 5 aromatic rings. The molecular formula is C31H21ClN4O3. The predicted octanol–water partition coefficient (Wildman–Crippen LogP) is 6.92. The first-order valence-corrected chi connectivity index (χ1v) is 12.5. The molecule has 1 fully saturated rings. The van der Waals surface area contributed by atoms with Crippen LogP contribution in [0.3, 0.4) is 0 Å². The van der Waals surface area contributed by atoms with Gasteiger partial charge < -0.3 is 14.7 Å². The van der Waals surface area contributed by atoms with E-state index in [1.54, 1.807) is 12.3 Å². The largest absolute Gasteiger partial charge is 0.489 e. The normalized spacial score (nSPS) is 16.1. The van der Waals surface area contributed by atoms with Gasteiger partial charge in [0.1, 0.15) is 18.7 Å². The third-order valence-electron chi connectivity index (χ3n) is 6.23. The maximum atomic E-state index is 9.95. The number of halogens is 1. The van der Waals surface area contributed by atoms with Crippen molar-refractivity contribution in [2.45, 2.75) is 6.61 Å². The Morgan fingerprint density at radius 1 is 0.897 bits per heavy atom. The SMILES string of the molecule is O/N=C1C(=C\c2ccccn2)\OC\1=C(\c1ccc(OCc2ccccc2Cl)cc1)c1ncnc2ccccc12. The van der Waals surface area contributed by atoms with Crippen LogP contribution in [-0.2, 0) is 11.3 Å². The highest BCUT2D eigenvalue weighted by atomic mass is 35.5. The van der Waals surface area contributed by atoms with E-state index < -0.39 is 0 Å². The molecule has 0 saturated carbocycles. The molecule has 39 heavy (non-hydrogen) atoms. The Bertz CT molecular complexity index is 1740. The Morgan fingerprint density at radius 3 is 2.49 bits per heavy atom. The lowest BCUT2D eigenvalue weighted by atomic mass is 9.93. The number of hydrogen-bond acceptors (Lipinski definition) is 7. The van der Waals surface area contributed by atoms with Crippen molar-refractivity contribution in [1.82, 2.24) is 15.0 Å². The number of hydrogen-bond donors (Lipinski definition) is 1. The highest BCUT2D eigenvalue weighted by Crippen LogP contribution is 2.39. The van der Waals surface area contributed by atoms with Crippen molar-refractivity contribution < 1.29 is 14.7 Å². The van der Waals surface area contributed by atoms with Gasteiger partial charge in [-0.1, -0.05) is 71.4 Å². The van der Waals surface area contributed by atoms with Crippen molar-refractivity contribution in [3.63, 3.8) is 0 Å². The predicted molar refractivity (Wildman–Crippen MR) is 150 cm³/mol. The van der Waals surface area contributed by atoms with Crippen molar-refractivity contribution in [2.75, 3.05) is 0 Å². The number of benzene rings is 3. The van der Waals surface area contributed by atoms with Crippen LogP contribution in [0, 0.1) is 0 Å². The van der Waals surface area contributed by atoms with E-state index in [1.807, 2.05) is 91.0 Å². The van der Waals surface area contributed by atoms with Crippen molar-refractivity contribution in [1.29, 1.82) is 0 Å². The highest BCUT2D eigenvalue weighted by molar-refractivity contribution is 6.31. The lowest BCUT2D eigenvalue weighted by Crippen LogP contribution is -2.25. The first kappa shape index (κ1) is 24.3. The minimum absolute atomic E-state index is 0.303. The average molecular weight is 533 g/mol. The Morgan fingerprint density at radius 2 is 1.69 bits per heavy atom. The number of oxime groups is 1. The lowest BCUT2D eigenvalue weighted by molar-refractivity contribution is 0.276. The fraction of sp³-hybridized carbons (Fsp3) is 0.0323. The molecule has 0 spiro atoms. The van der Waals surface area contributed by atoms with Crippen molar-refractivity contribution in [2.24, 2.45) is 5.16 Å². The summed E-state index contributed by atoms with van der Waals surface area (Å²) in [6, 6.07) is 28.4. The number of aromatic nitrogens is 3. The van der Waals surface area contributed by atoms with E-state index in [9.17, 15) is 5.21 Å². The van der Waals surface area contributed by atoms with Crippen LogP contribution in [-0.4, -0.2) is 25.9 Å². The van der Waals surface area contributed by atoms with E-state index in [2.05, 4.69) is 20.1 Å². The summed E-state index contributed by atoms with van der Waals surface area (Å²) < 4.78 is 12.1. The first-order chi connectivity index (χ1) is 19.2. The molecule has 0 unspecified atom stereocenters. The van der Waals surface area contributed by atoms with Crippen LogP contribution in [0.5, 0.6) is 5.75 Å². The summed E-state index contributed by atoms with van der Waals surface area (Å²) in [5, 5.41) is 15.0. The first-order valence-electron chi connectivity index (χ1n) is 12.2. The quantitative estimate of drug-likeness (QED) is 0.189. The van der Waals surface area contributed by atoms with Gasteiger partial charge in [0.15, 0.2) is 17.2 Å². The minimum atomic E-state index is 0.303. The number of ether oxygens (including phenoxy) is 2. The summed E-state index contributed by atoms with van der Waals surface area (Å²) in [5.41, 5.74) is 4.79. The molecule has 0 radical (unpaired) electrons. The van der Waals surface area contributed by atoms with Gasteiger partial charge in [0.25, 0.3) is 0 Å². The van der Waals surface area contributed by atoms with Gasteiger partial charge in [0, 0.05) is 28.2 Å². The summed E-state index contributed by atoms with van der Waals surface area (Å²) >= 11 is 6.27. The van der Waals surface area contributed by atoms with E-state index in [0.717, 1.165) is 22.0 Å². The summed E-state index contributed by atoms with van der Waals surface area (Å²) in [5.74, 6) is 1.48. The summed E-state index contributed by atoms with van der Waals surface area (Å²) in [6.45, 7) is 0.343. The molecule has 3 heterocycles. The average Bonchev–Trinajstić information content (AvgIpc) is 2.97. The van der Waals surface area contributed by atoms with Crippen LogP contribution in [0.25, 0.3) is 22.6 Å². The number of nitrogens with zero attached hydrogens (tertiary/aromatic N) is 4. The fourth-order valence-electron chi connectivity index (χ4n) is 4.30. The Kier molecular flexibility index (Phi) is 6.72. The molecule has 0 atom stereocenters. The molecule has 1 aliphatic heterocycles. The Balaban J connectivity index is 1.40. The van der Waals surface area contributed by atoms with Crippen LogP contribution < -0.4 is 4.74 Å². The molecule has 2 aromatic heterocycles. The van der Waals surface area contributed by atoms with Crippen molar-refractivity contribution in [3.05, 3.63) is 143 Å². The van der Waals surface area contributed by atoms with E-state index in [4.69, 9.17) is 21.1 Å². The molecule has 7 nitrogen and oxygen atoms in total. The molecule has 1 saturated heterocycles. The van der Waals surface area contributed by atoms with E-state index in [-0.39, 0.29) is 0 Å². The van der Waals surface area contributed by atoms with Gasteiger partial charge in [-0.15, -0.1) is 0 Å². The zero-order valence-electron chi connectivity index (χ0n) is 20.5. The van der Waals surface area contributed by atoms with Crippen molar-refractivity contribution in [3.8, 4) is 5.75 Å². The Hall–Kier alpha value is -5.01. The van der Waals surface area contributed by atoms with Gasteiger partial charge in [-0.3, -0.25) is 4.98 Å². The van der Waals surface area contributed by atoms with Crippen LogP contribution in [0.1, 0.15) is 22.5 Å². The van der Waals surface area contributed by atoms with E-state index >= 15 is 0 Å². The van der Waals surface area contributed by atoms with Gasteiger partial charge in [0.05, 0.1) is 22.5 Å². The topological polar surface area (TPSA) is 89.7 Å². The smallest absolute Gasteiger partial charge is 0.188 e. The van der Waals surface area contributed by atoms with Crippen LogP contribution >= 0.6 is 11.6 Å². The summed E-state index contributed by atoms with van der Waals surface area (Å²) in [7, 11) is 0. The molecule has 3 aromatic carbocycles. The van der Waals surface area contributed by atoms with Gasteiger partial charge >= 0.3 is 0 Å². The number of fused-ring (bicyclic) bond motifs is 1. The van der Waals surface area contributed by atoms with E-state index in [1.165, 1.54) is 6.33 Å². The van der Waals surface area contributed by atoms with Gasteiger partial charge in [-0.05, 0) is 42.0 Å². The van der Waals surface area contributed by atoms with Crippen molar-refractivity contribution >= 4 is 39.9 Å². The molecule has 0 bridgehead atoms. The molecular weight excluding hydrogens is 512 g/mol. The minimum Gasteiger partial charge on any atom is -0.489 e. The second-order valence-corrected chi connectivity index (χ2v) is 9.07. The zero-order valence-corrected chi connectivity index (χ0v) is 21.3. The summed E-state index contributed by atoms with van der Waals surface area (Å²) in [4.78, 5) is 13.3. The third-order valence-corrected chi connectivity index (χ3v) is 6.60. The second-order valence-electron chi connectivity index (χ2n) is 8.66. The number of para-hydroxylation sites is 1. The van der Waals surface area contributed by atoms with Gasteiger partial charge in [0.2, 0.25) is 0 Å². The molecule has 1 aliphatic rings. The number of pyridine rings is 1. The van der Waals surface area contributed by atoms with Crippen LogP contribution in [0.4, 0.5) is 0 Å². The lowest BCUT2D eigenvalue weighted by Gasteiger charge is -2.27. The Labute approximate surface area is 229 Å². The van der Waals surface area contributed by atoms with Crippen LogP contribution in [0.2, 0.25) is 5.02 Å². The maximum absolute atomic E-state index is 9.95.